The third-order valence-corrected chi connectivity index (χ3v) is 4.82. The summed E-state index contributed by atoms with van der Waals surface area (Å²) >= 11 is 6.19. The van der Waals surface area contributed by atoms with Crippen LogP contribution in [-0.4, -0.2) is 49.2 Å². The second kappa shape index (κ2) is 11.7. The number of nitrogens with one attached hydrogen (secondary N) is 2. The molecule has 0 saturated carbocycles. The van der Waals surface area contributed by atoms with E-state index in [1.807, 2.05) is 45.0 Å². The van der Waals surface area contributed by atoms with Gasteiger partial charge in [0.2, 0.25) is 0 Å². The van der Waals surface area contributed by atoms with Gasteiger partial charge in [-0.1, -0.05) is 29.8 Å². The predicted molar refractivity (Wildman–Crippen MR) is 126 cm³/mol. The first-order chi connectivity index (χ1) is 12.8. The van der Waals surface area contributed by atoms with E-state index in [1.165, 1.54) is 0 Å². The summed E-state index contributed by atoms with van der Waals surface area (Å²) in [6, 6.07) is 7.77. The molecule has 1 heterocycles. The van der Waals surface area contributed by atoms with E-state index in [2.05, 4.69) is 15.6 Å². The Kier molecular flexibility index (Phi) is 10.4. The molecule has 0 aromatic heterocycles. The smallest absolute Gasteiger partial charge is 0.410 e. The van der Waals surface area contributed by atoms with Gasteiger partial charge in [0.05, 0.1) is 0 Å². The summed E-state index contributed by atoms with van der Waals surface area (Å²) in [6.45, 7) is 8.58. The minimum atomic E-state index is -0.449. The Labute approximate surface area is 190 Å². The monoisotopic (exact) mass is 522 g/mol. The van der Waals surface area contributed by atoms with Gasteiger partial charge in [-0.15, -0.1) is 24.0 Å². The van der Waals surface area contributed by atoms with E-state index in [0.717, 1.165) is 49.0 Å². The lowest BCUT2D eigenvalue weighted by Crippen LogP contribution is -2.45. The number of hydrogen-bond acceptors (Lipinski definition) is 3. The van der Waals surface area contributed by atoms with Crippen molar-refractivity contribution in [2.24, 2.45) is 10.9 Å². The highest BCUT2D eigenvalue weighted by Gasteiger charge is 2.26. The van der Waals surface area contributed by atoms with Gasteiger partial charge in [0.25, 0.3) is 0 Å². The summed E-state index contributed by atoms with van der Waals surface area (Å²) in [5, 5.41) is 7.41. The zero-order valence-electron chi connectivity index (χ0n) is 17.1. The van der Waals surface area contributed by atoms with Gasteiger partial charge in [0.1, 0.15) is 5.60 Å². The van der Waals surface area contributed by atoms with Crippen LogP contribution in [0.4, 0.5) is 4.79 Å². The number of aliphatic imine (C=N–C) groups is 1. The van der Waals surface area contributed by atoms with E-state index in [9.17, 15) is 4.79 Å². The number of benzene rings is 1. The zero-order valence-corrected chi connectivity index (χ0v) is 20.2. The van der Waals surface area contributed by atoms with Gasteiger partial charge >= 0.3 is 6.09 Å². The van der Waals surface area contributed by atoms with Crippen LogP contribution in [0.5, 0.6) is 0 Å². The molecule has 8 heteroatoms. The first-order valence-corrected chi connectivity index (χ1v) is 9.82. The van der Waals surface area contributed by atoms with Crippen molar-refractivity contribution >= 4 is 47.6 Å². The maximum atomic E-state index is 12.1. The molecular weight excluding hydrogens is 491 g/mol. The molecule has 28 heavy (non-hydrogen) atoms. The molecule has 1 amide bonds. The largest absolute Gasteiger partial charge is 0.444 e. The fourth-order valence-electron chi connectivity index (χ4n) is 2.93. The molecule has 0 atom stereocenters. The quantitative estimate of drug-likeness (QED) is 0.352. The van der Waals surface area contributed by atoms with Crippen LogP contribution >= 0.6 is 35.6 Å². The number of guanidine groups is 1. The van der Waals surface area contributed by atoms with Gasteiger partial charge in [-0.2, -0.15) is 0 Å². The third kappa shape index (κ3) is 8.43. The summed E-state index contributed by atoms with van der Waals surface area (Å²) in [6.07, 6.45) is 1.69. The van der Waals surface area contributed by atoms with Crippen LogP contribution in [0, 0.1) is 5.92 Å². The fourth-order valence-corrected chi connectivity index (χ4v) is 3.13. The average Bonchev–Trinajstić information content (AvgIpc) is 2.62. The molecule has 1 fully saturated rings. The highest BCUT2D eigenvalue weighted by molar-refractivity contribution is 14.0. The molecule has 1 saturated heterocycles. The van der Waals surface area contributed by atoms with Crippen molar-refractivity contribution in [2.75, 3.05) is 26.7 Å². The Morgan fingerprint density at radius 2 is 1.89 bits per heavy atom. The number of likely N-dealkylation sites (tertiary alicyclic amines) is 1. The maximum absolute atomic E-state index is 12.1. The van der Waals surface area contributed by atoms with Gasteiger partial charge in [0, 0.05) is 38.2 Å². The lowest BCUT2D eigenvalue weighted by molar-refractivity contribution is 0.0185. The second-order valence-corrected chi connectivity index (χ2v) is 8.22. The van der Waals surface area contributed by atoms with E-state index in [-0.39, 0.29) is 30.1 Å². The lowest BCUT2D eigenvalue weighted by Gasteiger charge is -2.33. The Hall–Kier alpha value is -1.22. The van der Waals surface area contributed by atoms with Crippen LogP contribution in [0.1, 0.15) is 39.2 Å². The number of carbonyl (C=O) groups is 1. The molecule has 0 spiro atoms. The minimum Gasteiger partial charge on any atom is -0.444 e. The highest BCUT2D eigenvalue weighted by atomic mass is 127. The predicted octanol–water partition coefficient (Wildman–Crippen LogP) is 4.27. The average molecular weight is 523 g/mol. The van der Waals surface area contributed by atoms with Gasteiger partial charge in [-0.3, -0.25) is 4.99 Å². The van der Waals surface area contributed by atoms with E-state index in [1.54, 1.807) is 11.9 Å². The fraction of sp³-hybridized carbons (Fsp3) is 0.600. The van der Waals surface area contributed by atoms with Gasteiger partial charge < -0.3 is 20.3 Å². The molecule has 0 bridgehead atoms. The summed E-state index contributed by atoms with van der Waals surface area (Å²) < 4.78 is 5.44. The summed E-state index contributed by atoms with van der Waals surface area (Å²) in [7, 11) is 1.76. The molecule has 0 unspecified atom stereocenters. The summed E-state index contributed by atoms with van der Waals surface area (Å²) in [5.74, 6) is 1.26. The van der Waals surface area contributed by atoms with Crippen LogP contribution in [0.15, 0.2) is 29.3 Å². The van der Waals surface area contributed by atoms with E-state index in [0.29, 0.717) is 12.5 Å². The Bertz CT molecular complexity index is 656. The number of halogens is 2. The molecule has 6 nitrogen and oxygen atoms in total. The molecular formula is C20H32ClIN4O2. The van der Waals surface area contributed by atoms with Crippen LogP contribution < -0.4 is 10.6 Å². The lowest BCUT2D eigenvalue weighted by atomic mass is 9.97. The summed E-state index contributed by atoms with van der Waals surface area (Å²) in [5.41, 5.74) is 0.586. The molecule has 1 aromatic rings. The first-order valence-electron chi connectivity index (χ1n) is 9.44. The third-order valence-electron chi connectivity index (χ3n) is 4.45. The van der Waals surface area contributed by atoms with Gasteiger partial charge in [-0.25, -0.2) is 4.79 Å². The van der Waals surface area contributed by atoms with E-state index < -0.39 is 5.60 Å². The van der Waals surface area contributed by atoms with Crippen LogP contribution in [0.25, 0.3) is 0 Å². The standard InChI is InChI=1S/C20H31ClN4O2.HI/c1-20(2,3)27-19(26)25-11-9-15(10-12-25)13-23-18(22-4)24-14-16-7-5-6-8-17(16)21;/h5-8,15H,9-14H2,1-4H3,(H2,22,23,24);1H. The van der Waals surface area contributed by atoms with Crippen molar-refractivity contribution in [3.05, 3.63) is 34.9 Å². The number of nitrogens with zero attached hydrogens (tertiary/aromatic N) is 2. The van der Waals surface area contributed by atoms with Crippen molar-refractivity contribution in [2.45, 2.75) is 45.8 Å². The van der Waals surface area contributed by atoms with Crippen molar-refractivity contribution in [3.63, 3.8) is 0 Å². The highest BCUT2D eigenvalue weighted by Crippen LogP contribution is 2.19. The van der Waals surface area contributed by atoms with Crippen molar-refractivity contribution in [1.82, 2.24) is 15.5 Å². The number of amides is 1. The molecule has 0 radical (unpaired) electrons. The molecule has 1 aliphatic heterocycles. The molecule has 0 aliphatic carbocycles. The van der Waals surface area contributed by atoms with Crippen LogP contribution in [0.3, 0.4) is 0 Å². The van der Waals surface area contributed by atoms with Crippen LogP contribution in [-0.2, 0) is 11.3 Å². The molecule has 1 aliphatic rings. The molecule has 2 rings (SSSR count). The molecule has 1 aromatic carbocycles. The number of hydrogen-bond donors (Lipinski definition) is 2. The Morgan fingerprint density at radius 1 is 1.25 bits per heavy atom. The Balaban J connectivity index is 0.00000392. The van der Waals surface area contributed by atoms with Crippen LogP contribution in [0.2, 0.25) is 5.02 Å². The van der Waals surface area contributed by atoms with E-state index >= 15 is 0 Å². The minimum absolute atomic E-state index is 0. The van der Waals surface area contributed by atoms with Gasteiger partial charge in [0.15, 0.2) is 5.96 Å². The second-order valence-electron chi connectivity index (χ2n) is 7.81. The van der Waals surface area contributed by atoms with Gasteiger partial charge in [-0.05, 0) is 51.2 Å². The number of piperidine rings is 1. The molecule has 2 N–H and O–H groups in total. The number of carbonyl (C=O) groups excluding carboxylic acids is 1. The molecule has 158 valence electrons. The van der Waals surface area contributed by atoms with Crippen molar-refractivity contribution in [3.8, 4) is 0 Å². The van der Waals surface area contributed by atoms with Crippen molar-refractivity contribution < 1.29 is 9.53 Å². The first kappa shape index (κ1) is 24.8. The Morgan fingerprint density at radius 3 is 2.46 bits per heavy atom. The van der Waals surface area contributed by atoms with Crippen molar-refractivity contribution in [1.29, 1.82) is 0 Å². The number of rotatable bonds is 4. The zero-order chi connectivity index (χ0) is 19.9. The topological polar surface area (TPSA) is 66.0 Å². The number of ether oxygens (including phenoxy) is 1. The SMILES string of the molecule is CN=C(NCc1ccccc1Cl)NCC1CCN(C(=O)OC(C)(C)C)CC1.I. The normalized spacial score (nSPS) is 15.6. The summed E-state index contributed by atoms with van der Waals surface area (Å²) in [4.78, 5) is 18.2. The maximum Gasteiger partial charge on any atom is 0.410 e. The van der Waals surface area contributed by atoms with E-state index in [4.69, 9.17) is 16.3 Å².